The summed E-state index contributed by atoms with van der Waals surface area (Å²) >= 11 is 7.64. The Morgan fingerprint density at radius 3 is 2.76 bits per heavy atom. The fourth-order valence-corrected chi connectivity index (χ4v) is 4.15. The molecule has 0 aliphatic heterocycles. The summed E-state index contributed by atoms with van der Waals surface area (Å²) in [6, 6.07) is 14.1. The van der Waals surface area contributed by atoms with Gasteiger partial charge in [-0.05, 0) is 36.6 Å². The molecule has 0 spiro atoms. The minimum atomic E-state index is -1.50. The Hall–Kier alpha value is -2.87. The lowest BCUT2D eigenvalue weighted by Gasteiger charge is -2.25. The molecule has 0 saturated carbocycles. The van der Waals surface area contributed by atoms with Gasteiger partial charge in [-0.1, -0.05) is 41.0 Å². The van der Waals surface area contributed by atoms with Crippen molar-refractivity contribution in [2.75, 3.05) is 6.54 Å². The number of amides is 1. The molecule has 6 nitrogen and oxygen atoms in total. The molecule has 3 aromatic heterocycles. The molecular weight excluding hydrogens is 412 g/mol. The van der Waals surface area contributed by atoms with E-state index in [0.29, 0.717) is 32.7 Å². The van der Waals surface area contributed by atoms with Crippen molar-refractivity contribution in [1.29, 1.82) is 0 Å². The summed E-state index contributed by atoms with van der Waals surface area (Å²) in [6.07, 6.45) is 1.48. The van der Waals surface area contributed by atoms with Crippen LogP contribution in [-0.2, 0) is 5.60 Å². The Labute approximate surface area is 175 Å². The predicted octanol–water partition coefficient (Wildman–Crippen LogP) is 4.62. The van der Waals surface area contributed by atoms with Crippen molar-refractivity contribution in [1.82, 2.24) is 10.5 Å². The van der Waals surface area contributed by atoms with Crippen LogP contribution in [0.5, 0.6) is 0 Å². The molecule has 0 saturated heterocycles. The second kappa shape index (κ2) is 7.87. The summed E-state index contributed by atoms with van der Waals surface area (Å²) in [4.78, 5) is 13.7. The lowest BCUT2D eigenvalue weighted by molar-refractivity contribution is 0.0554. The number of carbonyl (C=O) groups is 1. The van der Waals surface area contributed by atoms with Crippen LogP contribution in [0.3, 0.4) is 0 Å². The van der Waals surface area contributed by atoms with E-state index in [2.05, 4.69) is 10.5 Å². The molecule has 29 heavy (non-hydrogen) atoms. The molecule has 1 unspecified atom stereocenters. The maximum atomic E-state index is 13.0. The van der Waals surface area contributed by atoms with E-state index in [4.69, 9.17) is 20.5 Å². The van der Waals surface area contributed by atoms with Gasteiger partial charge in [-0.3, -0.25) is 4.79 Å². The molecule has 4 aromatic rings. The van der Waals surface area contributed by atoms with Crippen molar-refractivity contribution in [3.05, 3.63) is 87.2 Å². The van der Waals surface area contributed by atoms with Gasteiger partial charge >= 0.3 is 0 Å². The van der Waals surface area contributed by atoms with Crippen LogP contribution >= 0.6 is 22.9 Å². The van der Waals surface area contributed by atoms with Gasteiger partial charge < -0.3 is 19.4 Å². The lowest BCUT2D eigenvalue weighted by atomic mass is 9.98. The molecule has 148 valence electrons. The third-order valence-electron chi connectivity index (χ3n) is 4.58. The Morgan fingerprint density at radius 2 is 2.07 bits per heavy atom. The van der Waals surface area contributed by atoms with E-state index < -0.39 is 11.5 Å². The van der Waals surface area contributed by atoms with E-state index in [0.717, 1.165) is 0 Å². The van der Waals surface area contributed by atoms with Crippen LogP contribution in [0.25, 0.3) is 11.3 Å². The minimum Gasteiger partial charge on any atom is -0.466 e. The van der Waals surface area contributed by atoms with Gasteiger partial charge in [0.25, 0.3) is 5.91 Å². The fourth-order valence-electron chi connectivity index (χ4n) is 3.10. The van der Waals surface area contributed by atoms with Gasteiger partial charge in [0, 0.05) is 10.4 Å². The van der Waals surface area contributed by atoms with E-state index >= 15 is 0 Å². The highest BCUT2D eigenvalue weighted by atomic mass is 35.5. The van der Waals surface area contributed by atoms with Gasteiger partial charge in [-0.2, -0.15) is 0 Å². The smallest absolute Gasteiger partial charge is 0.257 e. The van der Waals surface area contributed by atoms with Gasteiger partial charge in [0.15, 0.2) is 5.60 Å². The average Bonchev–Trinajstić information content (AvgIpc) is 3.47. The predicted molar refractivity (Wildman–Crippen MR) is 110 cm³/mol. The number of hydrogen-bond donors (Lipinski definition) is 2. The first kappa shape index (κ1) is 19.4. The van der Waals surface area contributed by atoms with Crippen LogP contribution in [0.4, 0.5) is 0 Å². The Kier molecular flexibility index (Phi) is 5.27. The molecule has 0 radical (unpaired) electrons. The van der Waals surface area contributed by atoms with Crippen molar-refractivity contribution in [2.24, 2.45) is 0 Å². The highest BCUT2D eigenvalue weighted by Gasteiger charge is 2.37. The highest BCUT2D eigenvalue weighted by molar-refractivity contribution is 7.10. The zero-order chi connectivity index (χ0) is 20.4. The molecule has 8 heteroatoms. The number of nitrogens with one attached hydrogen (secondary N) is 1. The van der Waals surface area contributed by atoms with Crippen LogP contribution < -0.4 is 5.32 Å². The van der Waals surface area contributed by atoms with Crippen LogP contribution in [0.1, 0.15) is 26.8 Å². The third-order valence-corrected chi connectivity index (χ3v) is 5.93. The number of nitrogens with zero attached hydrogens (tertiary/aromatic N) is 1. The zero-order valence-corrected chi connectivity index (χ0v) is 17.0. The maximum Gasteiger partial charge on any atom is 0.257 e. The second-order valence-corrected chi connectivity index (χ2v) is 7.79. The first-order chi connectivity index (χ1) is 14.0. The van der Waals surface area contributed by atoms with Crippen molar-refractivity contribution in [3.63, 3.8) is 0 Å². The molecule has 0 bridgehead atoms. The van der Waals surface area contributed by atoms with E-state index in [1.165, 1.54) is 17.6 Å². The van der Waals surface area contributed by atoms with Gasteiger partial charge in [-0.15, -0.1) is 11.3 Å². The summed E-state index contributed by atoms with van der Waals surface area (Å²) in [5.41, 5.74) is -0.284. The number of rotatable bonds is 6. The second-order valence-electron chi connectivity index (χ2n) is 6.44. The minimum absolute atomic E-state index is 0.0908. The van der Waals surface area contributed by atoms with E-state index in [1.807, 2.05) is 11.4 Å². The molecule has 3 heterocycles. The van der Waals surface area contributed by atoms with Crippen molar-refractivity contribution in [3.8, 4) is 11.3 Å². The van der Waals surface area contributed by atoms with Gasteiger partial charge in [0.2, 0.25) is 0 Å². The molecular formula is C21H17ClN2O4S. The molecule has 0 aliphatic rings. The highest BCUT2D eigenvalue weighted by Crippen LogP contribution is 2.34. The number of aromatic nitrogens is 1. The SMILES string of the molecule is Cc1onc(-c2ccccc2Cl)c1C(=O)NCC(O)(c1ccco1)c1cccs1. The first-order valence-corrected chi connectivity index (χ1v) is 10.1. The maximum absolute atomic E-state index is 13.0. The van der Waals surface area contributed by atoms with Crippen molar-refractivity contribution < 1.29 is 18.8 Å². The van der Waals surface area contributed by atoms with Gasteiger partial charge in [0.1, 0.15) is 22.8 Å². The van der Waals surface area contributed by atoms with Gasteiger partial charge in [-0.25, -0.2) is 0 Å². The molecule has 1 atom stereocenters. The summed E-state index contributed by atoms with van der Waals surface area (Å²) in [5.74, 6) is 0.268. The number of aryl methyl sites for hydroxylation is 1. The van der Waals surface area contributed by atoms with Gasteiger partial charge in [0.05, 0.1) is 17.8 Å². The van der Waals surface area contributed by atoms with Crippen molar-refractivity contribution in [2.45, 2.75) is 12.5 Å². The number of thiophene rings is 1. The Balaban J connectivity index is 1.64. The quantitative estimate of drug-likeness (QED) is 0.467. The normalized spacial score (nSPS) is 13.2. The summed E-state index contributed by atoms with van der Waals surface area (Å²) in [6.45, 7) is 1.56. The monoisotopic (exact) mass is 428 g/mol. The molecule has 0 fully saturated rings. The van der Waals surface area contributed by atoms with E-state index in [-0.39, 0.29) is 12.1 Å². The van der Waals surface area contributed by atoms with Crippen LogP contribution in [0.2, 0.25) is 5.02 Å². The number of furan rings is 1. The average molecular weight is 429 g/mol. The van der Waals surface area contributed by atoms with E-state index in [1.54, 1.807) is 49.4 Å². The largest absolute Gasteiger partial charge is 0.466 e. The molecule has 1 amide bonds. The van der Waals surface area contributed by atoms with Crippen LogP contribution in [0, 0.1) is 6.92 Å². The Morgan fingerprint density at radius 1 is 1.24 bits per heavy atom. The van der Waals surface area contributed by atoms with E-state index in [9.17, 15) is 9.90 Å². The summed E-state index contributed by atoms with van der Waals surface area (Å²) in [7, 11) is 0. The van der Waals surface area contributed by atoms with Crippen LogP contribution in [0.15, 0.2) is 69.1 Å². The fraction of sp³-hybridized carbons (Fsp3) is 0.143. The number of benzene rings is 1. The molecule has 4 rings (SSSR count). The first-order valence-electron chi connectivity index (χ1n) is 8.80. The lowest BCUT2D eigenvalue weighted by Crippen LogP contribution is -2.41. The number of aliphatic hydroxyl groups is 1. The number of halogens is 1. The topological polar surface area (TPSA) is 88.5 Å². The number of hydrogen-bond acceptors (Lipinski definition) is 6. The zero-order valence-electron chi connectivity index (χ0n) is 15.4. The summed E-state index contributed by atoms with van der Waals surface area (Å²) in [5, 5.41) is 20.4. The molecule has 1 aromatic carbocycles. The van der Waals surface area contributed by atoms with Crippen LogP contribution in [-0.4, -0.2) is 22.7 Å². The summed E-state index contributed by atoms with van der Waals surface area (Å²) < 4.78 is 10.7. The Bertz CT molecular complexity index is 1090. The molecule has 0 aliphatic carbocycles. The van der Waals surface area contributed by atoms with Crippen molar-refractivity contribution >= 4 is 28.8 Å². The third kappa shape index (κ3) is 3.60. The standard InChI is InChI=1S/C21H17ClN2O4S/c1-13-18(19(24-28-13)14-6-2-3-7-15(14)22)20(25)23-12-21(26,16-8-4-10-27-16)17-9-5-11-29-17/h2-11,26H,12H2,1H3,(H,23,25). The molecule has 2 N–H and O–H groups in total. The number of carbonyl (C=O) groups excluding carboxylic acids is 1.